The lowest BCUT2D eigenvalue weighted by Gasteiger charge is -1.92. The van der Waals surface area contributed by atoms with Gasteiger partial charge in [-0.15, -0.1) is 17.8 Å². The van der Waals surface area contributed by atoms with Crippen molar-refractivity contribution in [3.05, 3.63) is 41.5 Å². The van der Waals surface area contributed by atoms with Gasteiger partial charge in [0, 0.05) is 6.20 Å². The van der Waals surface area contributed by atoms with Crippen molar-refractivity contribution in [2.45, 2.75) is 0 Å². The summed E-state index contributed by atoms with van der Waals surface area (Å²) in [4.78, 5) is 5.21. The summed E-state index contributed by atoms with van der Waals surface area (Å²) in [7, 11) is 0. The molecule has 13 heavy (non-hydrogen) atoms. The molecule has 1 nitrogen and oxygen atoms in total. The van der Waals surface area contributed by atoms with Crippen LogP contribution in [0.4, 0.5) is 0 Å². The van der Waals surface area contributed by atoms with Crippen molar-refractivity contribution >= 4 is 11.3 Å². The summed E-state index contributed by atoms with van der Waals surface area (Å²) >= 11 is 1.54. The van der Waals surface area contributed by atoms with Crippen molar-refractivity contribution in [1.29, 1.82) is 0 Å². The Morgan fingerprint density at radius 2 is 2.00 bits per heavy atom. The van der Waals surface area contributed by atoms with E-state index in [-0.39, 0.29) is 0 Å². The first kappa shape index (κ1) is 8.03. The molecule has 1 heterocycles. The molecule has 62 valence electrons. The maximum atomic E-state index is 5.24. The number of hydrogen-bond donors (Lipinski definition) is 0. The van der Waals surface area contributed by atoms with Crippen LogP contribution in [0, 0.1) is 12.3 Å². The van der Waals surface area contributed by atoms with Crippen LogP contribution in [0.1, 0.15) is 5.01 Å². The quantitative estimate of drug-likeness (QED) is 0.622. The molecule has 0 aliphatic rings. The largest absolute Gasteiger partial charge is 0.236 e. The predicted octanol–water partition coefficient (Wildman–Crippen LogP) is 2.79. The van der Waals surface area contributed by atoms with Crippen molar-refractivity contribution in [3.8, 4) is 22.8 Å². The molecular formula is C11H7NS. The Balaban J connectivity index is 2.43. The van der Waals surface area contributed by atoms with Crippen LogP contribution >= 0.6 is 11.3 Å². The van der Waals surface area contributed by atoms with Crippen LogP contribution in [0.15, 0.2) is 36.5 Å². The molecule has 0 atom stereocenters. The van der Waals surface area contributed by atoms with E-state index in [0.29, 0.717) is 0 Å². The van der Waals surface area contributed by atoms with Crippen molar-refractivity contribution in [3.63, 3.8) is 0 Å². The van der Waals surface area contributed by atoms with E-state index in [4.69, 9.17) is 6.42 Å². The predicted molar refractivity (Wildman–Crippen MR) is 55.5 cm³/mol. The minimum Gasteiger partial charge on any atom is -0.236 e. The van der Waals surface area contributed by atoms with Crippen LogP contribution in [-0.4, -0.2) is 4.98 Å². The molecule has 0 saturated carbocycles. The smallest absolute Gasteiger partial charge is 0.167 e. The van der Waals surface area contributed by atoms with Crippen molar-refractivity contribution < 1.29 is 0 Å². The van der Waals surface area contributed by atoms with E-state index in [2.05, 4.69) is 10.9 Å². The van der Waals surface area contributed by atoms with Crippen molar-refractivity contribution in [2.24, 2.45) is 0 Å². The summed E-state index contributed by atoms with van der Waals surface area (Å²) in [6.45, 7) is 0. The van der Waals surface area contributed by atoms with Gasteiger partial charge in [0.25, 0.3) is 0 Å². The number of thiazole rings is 1. The van der Waals surface area contributed by atoms with Crippen LogP contribution in [0.25, 0.3) is 10.4 Å². The number of hydrogen-bond acceptors (Lipinski definition) is 2. The first-order chi connectivity index (χ1) is 6.40. The van der Waals surface area contributed by atoms with Crippen molar-refractivity contribution in [1.82, 2.24) is 4.98 Å². The summed E-state index contributed by atoms with van der Waals surface area (Å²) in [6, 6.07) is 10.1. The van der Waals surface area contributed by atoms with Gasteiger partial charge in [-0.25, -0.2) is 4.98 Å². The minimum absolute atomic E-state index is 0.735. The maximum absolute atomic E-state index is 5.24. The lowest BCUT2D eigenvalue weighted by molar-refractivity contribution is 1.39. The van der Waals surface area contributed by atoms with Crippen LogP contribution in [0.3, 0.4) is 0 Å². The molecule has 0 bridgehead atoms. The lowest BCUT2D eigenvalue weighted by Crippen LogP contribution is -1.67. The molecule has 0 spiro atoms. The highest BCUT2D eigenvalue weighted by atomic mass is 32.1. The molecular weight excluding hydrogens is 178 g/mol. The highest BCUT2D eigenvalue weighted by Gasteiger charge is 2.00. The second-order valence-electron chi connectivity index (χ2n) is 2.54. The summed E-state index contributed by atoms with van der Waals surface area (Å²) in [5.74, 6) is 2.52. The number of aromatic nitrogens is 1. The SMILES string of the molecule is C#Cc1ncc(-c2ccccc2)s1. The van der Waals surface area contributed by atoms with E-state index >= 15 is 0 Å². The molecule has 1 aromatic carbocycles. The molecule has 2 rings (SSSR count). The number of rotatable bonds is 1. The third-order valence-corrected chi connectivity index (χ3v) is 2.67. The van der Waals surface area contributed by atoms with Gasteiger partial charge in [-0.05, 0) is 11.5 Å². The first-order valence-corrected chi connectivity index (χ1v) is 4.69. The van der Waals surface area contributed by atoms with E-state index in [0.717, 1.165) is 9.88 Å². The molecule has 0 unspecified atom stereocenters. The molecule has 0 N–H and O–H groups in total. The normalized spacial score (nSPS) is 9.46. The number of terminal acetylenes is 1. The highest BCUT2D eigenvalue weighted by Crippen LogP contribution is 2.24. The van der Waals surface area contributed by atoms with Crippen LogP contribution in [-0.2, 0) is 0 Å². The molecule has 2 heteroatoms. The molecule has 2 aromatic rings. The third-order valence-electron chi connectivity index (χ3n) is 1.69. The first-order valence-electron chi connectivity index (χ1n) is 3.88. The molecule has 0 saturated heterocycles. The topological polar surface area (TPSA) is 12.9 Å². The van der Waals surface area contributed by atoms with E-state index in [9.17, 15) is 0 Å². The molecule has 0 amide bonds. The van der Waals surface area contributed by atoms with Crippen LogP contribution in [0.5, 0.6) is 0 Å². The summed E-state index contributed by atoms with van der Waals surface area (Å²) in [5, 5.41) is 0.735. The molecule has 0 aliphatic carbocycles. The number of nitrogens with zero attached hydrogens (tertiary/aromatic N) is 1. The maximum Gasteiger partial charge on any atom is 0.167 e. The second kappa shape index (κ2) is 3.42. The standard InChI is InChI=1S/C11H7NS/c1-2-11-12-8-10(13-11)9-6-4-3-5-7-9/h1,3-8H. The van der Waals surface area contributed by atoms with Gasteiger partial charge in [-0.1, -0.05) is 30.3 Å². The molecule has 1 aromatic heterocycles. The summed E-state index contributed by atoms with van der Waals surface area (Å²) in [6.07, 6.45) is 7.05. The Bertz CT molecular complexity index is 437. The molecule has 0 radical (unpaired) electrons. The van der Waals surface area contributed by atoms with Crippen LogP contribution in [0.2, 0.25) is 0 Å². The Morgan fingerprint density at radius 1 is 1.23 bits per heavy atom. The van der Waals surface area contributed by atoms with Crippen LogP contribution < -0.4 is 0 Å². The Hall–Kier alpha value is -1.59. The average Bonchev–Trinajstić information content (AvgIpc) is 2.67. The zero-order chi connectivity index (χ0) is 9.10. The van der Waals surface area contributed by atoms with E-state index in [1.54, 1.807) is 0 Å². The summed E-state index contributed by atoms with van der Waals surface area (Å²) in [5.41, 5.74) is 1.17. The fourth-order valence-electron chi connectivity index (χ4n) is 1.08. The monoisotopic (exact) mass is 185 g/mol. The zero-order valence-corrected chi connectivity index (χ0v) is 7.71. The fraction of sp³-hybridized carbons (Fsp3) is 0. The van der Waals surface area contributed by atoms with Gasteiger partial charge in [0.05, 0.1) is 4.88 Å². The van der Waals surface area contributed by atoms with E-state index in [1.807, 2.05) is 36.5 Å². The van der Waals surface area contributed by atoms with Gasteiger partial charge in [0.15, 0.2) is 5.01 Å². The van der Waals surface area contributed by atoms with Gasteiger partial charge in [0.2, 0.25) is 0 Å². The third kappa shape index (κ3) is 1.61. The lowest BCUT2D eigenvalue weighted by atomic mass is 10.2. The van der Waals surface area contributed by atoms with Gasteiger partial charge < -0.3 is 0 Å². The second-order valence-corrected chi connectivity index (χ2v) is 3.57. The molecule has 0 aliphatic heterocycles. The van der Waals surface area contributed by atoms with Gasteiger partial charge in [-0.2, -0.15) is 0 Å². The summed E-state index contributed by atoms with van der Waals surface area (Å²) < 4.78 is 0. The Kier molecular flexibility index (Phi) is 2.11. The van der Waals surface area contributed by atoms with E-state index in [1.165, 1.54) is 16.9 Å². The minimum atomic E-state index is 0.735. The van der Waals surface area contributed by atoms with Crippen molar-refractivity contribution in [2.75, 3.05) is 0 Å². The highest BCUT2D eigenvalue weighted by molar-refractivity contribution is 7.15. The Morgan fingerprint density at radius 3 is 2.62 bits per heavy atom. The van der Waals surface area contributed by atoms with E-state index < -0.39 is 0 Å². The van der Waals surface area contributed by atoms with Gasteiger partial charge >= 0.3 is 0 Å². The zero-order valence-electron chi connectivity index (χ0n) is 6.90. The fourth-order valence-corrected chi connectivity index (χ4v) is 1.81. The van der Waals surface area contributed by atoms with Gasteiger partial charge in [-0.3, -0.25) is 0 Å². The number of benzene rings is 1. The average molecular weight is 185 g/mol. The van der Waals surface area contributed by atoms with Gasteiger partial charge in [0.1, 0.15) is 0 Å². The molecule has 0 fully saturated rings. The Labute approximate surface area is 81.1 Å².